The van der Waals surface area contributed by atoms with E-state index in [0.717, 1.165) is 0 Å². The Bertz CT molecular complexity index is 268. The highest BCUT2D eigenvalue weighted by atomic mass is 16.4. The molecule has 6 heteroatoms. The second-order valence-corrected chi connectivity index (χ2v) is 5.15. The predicted molar refractivity (Wildman–Crippen MR) is 66.2 cm³/mol. The summed E-state index contributed by atoms with van der Waals surface area (Å²) in [6.45, 7) is 6.56. The molecule has 0 unspecified atom stereocenters. The Morgan fingerprint density at radius 3 is 1.56 bits per heavy atom. The number of aliphatic hydroxyl groups is 2. The number of hydrogen-bond donors (Lipinski definition) is 4. The van der Waals surface area contributed by atoms with Gasteiger partial charge in [0.15, 0.2) is 0 Å². The molecule has 0 aromatic carbocycles. The third-order valence-corrected chi connectivity index (χ3v) is 3.29. The molecule has 0 atom stereocenters. The van der Waals surface area contributed by atoms with Gasteiger partial charge in [-0.2, -0.15) is 0 Å². The Kier molecular flexibility index (Phi) is 8.59. The summed E-state index contributed by atoms with van der Waals surface area (Å²) in [5, 5.41) is 32.8. The number of hydrogen-bond acceptors (Lipinski definition) is 4. The summed E-state index contributed by atoms with van der Waals surface area (Å²) in [6, 6.07) is 0. The molecule has 0 radical (unpaired) electrons. The van der Waals surface area contributed by atoms with Gasteiger partial charge in [-0.05, 0) is 25.7 Å². The second kappa shape index (κ2) is 8.05. The van der Waals surface area contributed by atoms with Crippen molar-refractivity contribution in [2.45, 2.75) is 40.5 Å². The van der Waals surface area contributed by atoms with E-state index in [-0.39, 0.29) is 19.6 Å². The minimum atomic E-state index is -0.914. The highest BCUT2D eigenvalue weighted by molar-refractivity contribution is 5.75. The van der Waals surface area contributed by atoms with Crippen LogP contribution < -0.4 is 0 Å². The van der Waals surface area contributed by atoms with E-state index in [4.69, 9.17) is 20.4 Å². The Balaban J connectivity index is 0. The lowest BCUT2D eigenvalue weighted by Crippen LogP contribution is -2.39. The lowest BCUT2D eigenvalue weighted by Gasteiger charge is -2.37. The van der Waals surface area contributed by atoms with Crippen molar-refractivity contribution in [3.63, 3.8) is 0 Å². The summed E-state index contributed by atoms with van der Waals surface area (Å²) in [5.74, 6) is -1.79. The molecule has 0 fully saturated rings. The standard InChI is InChI=1S/C10H18O4.C2H6O2/c1-9(2,6-5-7(11)12)10(3,4)8(13)14;3-1-2-4/h5-6H2,1-4H3,(H,11,12)(H,13,14);3-4H,1-2H2. The molecular weight excluding hydrogens is 240 g/mol. The molecule has 0 spiro atoms. The van der Waals surface area contributed by atoms with Gasteiger partial charge in [-0.1, -0.05) is 13.8 Å². The van der Waals surface area contributed by atoms with Crippen LogP contribution in [0.15, 0.2) is 0 Å². The van der Waals surface area contributed by atoms with Gasteiger partial charge in [0.05, 0.1) is 18.6 Å². The first kappa shape index (κ1) is 19.2. The maximum Gasteiger partial charge on any atom is 0.309 e. The van der Waals surface area contributed by atoms with Crippen molar-refractivity contribution in [2.24, 2.45) is 10.8 Å². The van der Waals surface area contributed by atoms with Crippen LogP contribution in [0.2, 0.25) is 0 Å². The van der Waals surface area contributed by atoms with Crippen LogP contribution in [0.4, 0.5) is 0 Å². The van der Waals surface area contributed by atoms with E-state index in [1.54, 1.807) is 27.7 Å². The third kappa shape index (κ3) is 6.56. The fourth-order valence-corrected chi connectivity index (χ4v) is 1.02. The number of rotatable bonds is 6. The van der Waals surface area contributed by atoms with Crippen molar-refractivity contribution >= 4 is 11.9 Å². The molecule has 0 heterocycles. The Labute approximate surface area is 107 Å². The van der Waals surface area contributed by atoms with Gasteiger partial charge in [0.2, 0.25) is 0 Å². The minimum Gasteiger partial charge on any atom is -0.481 e. The van der Waals surface area contributed by atoms with Crippen LogP contribution in [-0.2, 0) is 9.59 Å². The molecule has 4 N–H and O–H groups in total. The molecule has 108 valence electrons. The zero-order valence-corrected chi connectivity index (χ0v) is 11.4. The molecule has 0 bridgehead atoms. The van der Waals surface area contributed by atoms with Crippen LogP contribution >= 0.6 is 0 Å². The summed E-state index contributed by atoms with van der Waals surface area (Å²) in [6.07, 6.45) is 0.366. The SMILES string of the molecule is CC(C)(CCC(=O)O)C(C)(C)C(=O)O.OCCO. The van der Waals surface area contributed by atoms with Gasteiger partial charge in [0.1, 0.15) is 0 Å². The highest BCUT2D eigenvalue weighted by Gasteiger charge is 2.43. The van der Waals surface area contributed by atoms with E-state index in [0.29, 0.717) is 6.42 Å². The predicted octanol–water partition coefficient (Wildman–Crippen LogP) is 0.959. The third-order valence-electron chi connectivity index (χ3n) is 3.29. The van der Waals surface area contributed by atoms with Crippen molar-refractivity contribution < 1.29 is 30.0 Å². The average Bonchev–Trinajstić information content (AvgIpc) is 2.26. The molecule has 0 aliphatic rings. The van der Waals surface area contributed by atoms with Gasteiger partial charge in [0, 0.05) is 6.42 Å². The zero-order valence-electron chi connectivity index (χ0n) is 11.4. The first-order valence-corrected chi connectivity index (χ1v) is 5.70. The smallest absolute Gasteiger partial charge is 0.309 e. The highest BCUT2D eigenvalue weighted by Crippen LogP contribution is 2.42. The van der Waals surface area contributed by atoms with E-state index in [9.17, 15) is 9.59 Å². The van der Waals surface area contributed by atoms with Gasteiger partial charge in [-0.15, -0.1) is 0 Å². The number of carboxylic acid groups (broad SMARTS) is 2. The molecule has 6 nitrogen and oxygen atoms in total. The monoisotopic (exact) mass is 264 g/mol. The van der Waals surface area contributed by atoms with Crippen molar-refractivity contribution in [3.8, 4) is 0 Å². The van der Waals surface area contributed by atoms with Crippen molar-refractivity contribution in [2.75, 3.05) is 13.2 Å². The fourth-order valence-electron chi connectivity index (χ4n) is 1.02. The topological polar surface area (TPSA) is 115 Å². The second-order valence-electron chi connectivity index (χ2n) is 5.15. The van der Waals surface area contributed by atoms with Crippen molar-refractivity contribution in [1.29, 1.82) is 0 Å². The van der Waals surface area contributed by atoms with Crippen molar-refractivity contribution in [3.05, 3.63) is 0 Å². The summed E-state index contributed by atoms with van der Waals surface area (Å²) >= 11 is 0. The summed E-state index contributed by atoms with van der Waals surface area (Å²) < 4.78 is 0. The van der Waals surface area contributed by atoms with Gasteiger partial charge in [-0.25, -0.2) is 0 Å². The normalized spacial score (nSPS) is 11.4. The Morgan fingerprint density at radius 1 is 0.944 bits per heavy atom. The lowest BCUT2D eigenvalue weighted by molar-refractivity contribution is -0.155. The number of aliphatic carboxylic acids is 2. The molecular formula is C12H24O6. The van der Waals surface area contributed by atoms with Gasteiger partial charge >= 0.3 is 11.9 Å². The molecule has 0 aromatic rings. The van der Waals surface area contributed by atoms with Crippen LogP contribution in [-0.4, -0.2) is 45.6 Å². The van der Waals surface area contributed by atoms with Crippen LogP contribution in [0.3, 0.4) is 0 Å². The average molecular weight is 264 g/mol. The van der Waals surface area contributed by atoms with E-state index >= 15 is 0 Å². The maximum absolute atomic E-state index is 11.0. The van der Waals surface area contributed by atoms with E-state index in [1.165, 1.54) is 0 Å². The van der Waals surface area contributed by atoms with E-state index in [2.05, 4.69) is 0 Å². The molecule has 0 saturated heterocycles. The lowest BCUT2D eigenvalue weighted by atomic mass is 9.65. The van der Waals surface area contributed by atoms with E-state index in [1.807, 2.05) is 0 Å². The zero-order chi connectivity index (χ0) is 15.0. The number of aliphatic hydroxyl groups excluding tert-OH is 2. The number of carboxylic acids is 2. The summed E-state index contributed by atoms with van der Waals surface area (Å²) in [7, 11) is 0. The van der Waals surface area contributed by atoms with Gasteiger partial charge < -0.3 is 20.4 Å². The maximum atomic E-state index is 11.0. The molecule has 0 aromatic heterocycles. The molecule has 0 saturated carbocycles. The first-order valence-electron chi connectivity index (χ1n) is 5.70. The van der Waals surface area contributed by atoms with Crippen LogP contribution in [0.5, 0.6) is 0 Å². The molecule has 0 amide bonds. The van der Waals surface area contributed by atoms with Crippen LogP contribution in [0, 0.1) is 10.8 Å². The number of carbonyl (C=O) groups is 2. The Hall–Kier alpha value is -1.14. The quantitative estimate of drug-likeness (QED) is 0.568. The first-order chi connectivity index (χ1) is 8.02. The van der Waals surface area contributed by atoms with Gasteiger partial charge in [-0.3, -0.25) is 9.59 Å². The minimum absolute atomic E-state index is 0.00368. The van der Waals surface area contributed by atoms with Crippen LogP contribution in [0.1, 0.15) is 40.5 Å². The fraction of sp³-hybridized carbons (Fsp3) is 0.833. The molecule has 0 aliphatic carbocycles. The Morgan fingerprint density at radius 2 is 1.33 bits per heavy atom. The van der Waals surface area contributed by atoms with Crippen molar-refractivity contribution in [1.82, 2.24) is 0 Å². The largest absolute Gasteiger partial charge is 0.481 e. The van der Waals surface area contributed by atoms with Crippen LogP contribution in [0.25, 0.3) is 0 Å². The van der Waals surface area contributed by atoms with E-state index < -0.39 is 22.8 Å². The molecule has 18 heavy (non-hydrogen) atoms. The summed E-state index contributed by atoms with van der Waals surface area (Å²) in [4.78, 5) is 21.4. The van der Waals surface area contributed by atoms with Gasteiger partial charge in [0.25, 0.3) is 0 Å². The molecule has 0 rings (SSSR count). The molecule has 0 aliphatic heterocycles. The summed E-state index contributed by atoms with van der Waals surface area (Å²) in [5.41, 5.74) is -1.44.